The molecule has 102 valence electrons. The molecule has 0 fully saturated rings. The Labute approximate surface area is 113 Å². The zero-order valence-electron chi connectivity index (χ0n) is 11.7. The van der Waals surface area contributed by atoms with E-state index in [1.807, 2.05) is 13.0 Å². The molecule has 1 heterocycles. The summed E-state index contributed by atoms with van der Waals surface area (Å²) in [6.45, 7) is 5.41. The minimum Gasteiger partial charge on any atom is -0.496 e. The molecule has 4 nitrogen and oxygen atoms in total. The molecule has 4 heteroatoms. The van der Waals surface area contributed by atoms with Gasteiger partial charge in [0.1, 0.15) is 23.7 Å². The van der Waals surface area contributed by atoms with Gasteiger partial charge in [0.05, 0.1) is 18.6 Å². The fourth-order valence-electron chi connectivity index (χ4n) is 2.30. The van der Waals surface area contributed by atoms with Crippen molar-refractivity contribution in [1.29, 1.82) is 5.26 Å². The van der Waals surface area contributed by atoms with Crippen molar-refractivity contribution in [3.05, 3.63) is 23.3 Å². The van der Waals surface area contributed by atoms with Crippen molar-refractivity contribution in [2.75, 3.05) is 7.11 Å². The van der Waals surface area contributed by atoms with Gasteiger partial charge < -0.3 is 14.6 Å². The minimum atomic E-state index is -0.919. The number of nitrogens with zero attached hydrogens (tertiary/aromatic N) is 1. The third-order valence-corrected chi connectivity index (χ3v) is 3.51. The van der Waals surface area contributed by atoms with Crippen molar-refractivity contribution in [2.45, 2.75) is 39.4 Å². The van der Waals surface area contributed by atoms with Crippen LogP contribution in [0.1, 0.15) is 38.0 Å². The molecule has 0 saturated carbocycles. The normalized spacial score (nSPS) is 19.3. The molecule has 0 bridgehead atoms. The number of hydrogen-bond acceptors (Lipinski definition) is 4. The first-order chi connectivity index (χ1) is 8.89. The summed E-state index contributed by atoms with van der Waals surface area (Å²) in [5, 5.41) is 19.5. The number of nitriles is 1. The molecule has 0 spiro atoms. The van der Waals surface area contributed by atoms with Gasteiger partial charge in [0, 0.05) is 17.5 Å². The van der Waals surface area contributed by atoms with E-state index < -0.39 is 11.5 Å². The average molecular weight is 261 g/mol. The van der Waals surface area contributed by atoms with E-state index in [4.69, 9.17) is 14.7 Å². The van der Waals surface area contributed by atoms with Crippen LogP contribution >= 0.6 is 0 Å². The third kappa shape index (κ3) is 2.39. The van der Waals surface area contributed by atoms with Gasteiger partial charge in [-0.1, -0.05) is 0 Å². The molecule has 2 atom stereocenters. The Kier molecular flexibility index (Phi) is 3.42. The molecular weight excluding hydrogens is 242 g/mol. The summed E-state index contributed by atoms with van der Waals surface area (Å²) >= 11 is 0. The van der Waals surface area contributed by atoms with Crippen LogP contribution in [0.25, 0.3) is 0 Å². The van der Waals surface area contributed by atoms with Crippen LogP contribution in [0.3, 0.4) is 0 Å². The van der Waals surface area contributed by atoms with Gasteiger partial charge in [-0.3, -0.25) is 0 Å². The number of aliphatic hydroxyl groups is 1. The second-order valence-corrected chi connectivity index (χ2v) is 5.57. The number of ether oxygens (including phenoxy) is 2. The van der Waals surface area contributed by atoms with Crippen LogP contribution in [0.4, 0.5) is 0 Å². The maximum atomic E-state index is 10.4. The molecule has 0 aromatic heterocycles. The maximum Gasteiger partial charge on any atom is 0.125 e. The lowest BCUT2D eigenvalue weighted by molar-refractivity contribution is 0.0838. The van der Waals surface area contributed by atoms with Gasteiger partial charge in [-0.15, -0.1) is 0 Å². The molecule has 0 radical (unpaired) electrons. The van der Waals surface area contributed by atoms with Crippen LogP contribution in [0.5, 0.6) is 11.5 Å². The lowest BCUT2D eigenvalue weighted by Crippen LogP contribution is -2.20. The van der Waals surface area contributed by atoms with Crippen molar-refractivity contribution in [3.8, 4) is 17.6 Å². The Bertz CT molecular complexity index is 531. The predicted molar refractivity (Wildman–Crippen MR) is 71.1 cm³/mol. The molecule has 1 aliphatic rings. The zero-order chi connectivity index (χ0) is 14.2. The summed E-state index contributed by atoms with van der Waals surface area (Å²) in [6, 6.07) is 5.81. The summed E-state index contributed by atoms with van der Waals surface area (Å²) in [7, 11) is 1.57. The van der Waals surface area contributed by atoms with Gasteiger partial charge in [-0.05, 0) is 32.9 Å². The molecule has 2 rings (SSSR count). The summed E-state index contributed by atoms with van der Waals surface area (Å²) in [6.07, 6.45) is 0.0531. The van der Waals surface area contributed by atoms with Crippen molar-refractivity contribution in [2.24, 2.45) is 5.41 Å². The Balaban J connectivity index is 2.47. The van der Waals surface area contributed by atoms with Crippen molar-refractivity contribution in [3.63, 3.8) is 0 Å². The highest BCUT2D eigenvalue weighted by Crippen LogP contribution is 2.42. The van der Waals surface area contributed by atoms with Crippen LogP contribution in [-0.4, -0.2) is 18.3 Å². The third-order valence-electron chi connectivity index (χ3n) is 3.51. The Morgan fingerprint density at radius 2 is 2.21 bits per heavy atom. The summed E-state index contributed by atoms with van der Waals surface area (Å²) in [4.78, 5) is 0. The van der Waals surface area contributed by atoms with E-state index in [0.29, 0.717) is 11.3 Å². The van der Waals surface area contributed by atoms with Crippen LogP contribution in [0.15, 0.2) is 12.1 Å². The summed E-state index contributed by atoms with van der Waals surface area (Å²) < 4.78 is 11.0. The fourth-order valence-corrected chi connectivity index (χ4v) is 2.30. The quantitative estimate of drug-likeness (QED) is 0.908. The van der Waals surface area contributed by atoms with Crippen molar-refractivity contribution < 1.29 is 14.6 Å². The highest BCUT2D eigenvalue weighted by molar-refractivity contribution is 5.50. The molecule has 0 aliphatic carbocycles. The number of fused-ring (bicyclic) bond motifs is 1. The first-order valence-electron chi connectivity index (χ1n) is 6.36. The highest BCUT2D eigenvalue weighted by Gasteiger charge is 2.33. The van der Waals surface area contributed by atoms with Crippen LogP contribution in [-0.2, 0) is 6.42 Å². The van der Waals surface area contributed by atoms with E-state index in [-0.39, 0.29) is 6.10 Å². The Morgan fingerprint density at radius 3 is 2.79 bits per heavy atom. The lowest BCUT2D eigenvalue weighted by Gasteiger charge is -2.25. The largest absolute Gasteiger partial charge is 0.496 e. The summed E-state index contributed by atoms with van der Waals surface area (Å²) in [5.41, 5.74) is 0.795. The molecule has 1 aromatic carbocycles. The molecular formula is C15H19NO3. The number of methoxy groups -OCH3 is 1. The van der Waals surface area contributed by atoms with Gasteiger partial charge >= 0.3 is 0 Å². The Hall–Kier alpha value is -1.73. The summed E-state index contributed by atoms with van der Waals surface area (Å²) in [5.74, 6) is 1.38. The SMILES string of the molecule is COc1cc2c(cc1C(O)C(C)(C)C#N)OC(C)C2. The van der Waals surface area contributed by atoms with Crippen LogP contribution < -0.4 is 9.47 Å². The number of hydrogen-bond donors (Lipinski definition) is 1. The minimum absolute atomic E-state index is 0.135. The second-order valence-electron chi connectivity index (χ2n) is 5.57. The molecule has 1 aliphatic heterocycles. The highest BCUT2D eigenvalue weighted by atomic mass is 16.5. The van der Waals surface area contributed by atoms with Crippen LogP contribution in [0.2, 0.25) is 0 Å². The molecule has 1 aromatic rings. The molecule has 0 saturated heterocycles. The average Bonchev–Trinajstić information content (AvgIpc) is 2.75. The van der Waals surface area contributed by atoms with Gasteiger partial charge in [-0.25, -0.2) is 0 Å². The Morgan fingerprint density at radius 1 is 1.53 bits per heavy atom. The second kappa shape index (κ2) is 4.75. The van der Waals surface area contributed by atoms with Crippen molar-refractivity contribution >= 4 is 0 Å². The molecule has 2 unspecified atom stereocenters. The van der Waals surface area contributed by atoms with Gasteiger partial charge in [-0.2, -0.15) is 5.26 Å². The van der Waals surface area contributed by atoms with E-state index in [9.17, 15) is 5.11 Å². The standard InChI is InChI=1S/C15H19NO3/c1-9-5-10-6-13(18-4)11(7-12(10)19-9)14(17)15(2,3)8-16/h6-7,9,14,17H,5H2,1-4H3. The van der Waals surface area contributed by atoms with E-state index in [1.165, 1.54) is 0 Å². The lowest BCUT2D eigenvalue weighted by atomic mass is 9.83. The number of aliphatic hydroxyl groups excluding tert-OH is 1. The van der Waals surface area contributed by atoms with Gasteiger partial charge in [0.15, 0.2) is 0 Å². The monoisotopic (exact) mass is 261 g/mol. The van der Waals surface area contributed by atoms with Crippen LogP contribution in [0, 0.1) is 16.7 Å². The van der Waals surface area contributed by atoms with Gasteiger partial charge in [0.2, 0.25) is 0 Å². The number of rotatable bonds is 3. The van der Waals surface area contributed by atoms with E-state index in [1.54, 1.807) is 27.0 Å². The predicted octanol–water partition coefficient (Wildman–Crippen LogP) is 2.60. The van der Waals surface area contributed by atoms with Gasteiger partial charge in [0.25, 0.3) is 0 Å². The van der Waals surface area contributed by atoms with E-state index in [2.05, 4.69) is 6.07 Å². The molecule has 19 heavy (non-hydrogen) atoms. The smallest absolute Gasteiger partial charge is 0.125 e. The topological polar surface area (TPSA) is 62.5 Å². The molecule has 1 N–H and O–H groups in total. The maximum absolute atomic E-state index is 10.4. The first-order valence-corrected chi connectivity index (χ1v) is 6.36. The van der Waals surface area contributed by atoms with E-state index >= 15 is 0 Å². The molecule has 0 amide bonds. The number of benzene rings is 1. The zero-order valence-corrected chi connectivity index (χ0v) is 11.7. The van der Waals surface area contributed by atoms with Crippen molar-refractivity contribution in [1.82, 2.24) is 0 Å². The van der Waals surface area contributed by atoms with E-state index in [0.717, 1.165) is 17.7 Å². The first kappa shape index (κ1) is 13.7. The fraction of sp³-hybridized carbons (Fsp3) is 0.533.